The monoisotopic (exact) mass is 285 g/mol. The average molecular weight is 286 g/mol. The summed E-state index contributed by atoms with van der Waals surface area (Å²) in [4.78, 5) is 0.0620. The van der Waals surface area contributed by atoms with Gasteiger partial charge in [-0.25, -0.2) is 13.1 Å². The maximum Gasteiger partial charge on any atom is 0.240 e. The van der Waals surface area contributed by atoms with Gasteiger partial charge in [-0.2, -0.15) is 5.26 Å². The van der Waals surface area contributed by atoms with Crippen LogP contribution in [0.25, 0.3) is 0 Å². The Labute approximate surface area is 111 Å². The van der Waals surface area contributed by atoms with Crippen molar-refractivity contribution < 1.29 is 8.42 Å². The Morgan fingerprint density at radius 2 is 2.11 bits per heavy atom. The first-order chi connectivity index (χ1) is 8.42. The van der Waals surface area contributed by atoms with Gasteiger partial charge in [0.15, 0.2) is 0 Å². The molecule has 18 heavy (non-hydrogen) atoms. The van der Waals surface area contributed by atoms with Crippen LogP contribution in [0.5, 0.6) is 0 Å². The van der Waals surface area contributed by atoms with Crippen molar-refractivity contribution in [2.24, 2.45) is 5.73 Å². The summed E-state index contributed by atoms with van der Waals surface area (Å²) in [5.41, 5.74) is 5.85. The molecular weight excluding hydrogens is 274 g/mol. The highest BCUT2D eigenvalue weighted by Gasteiger charge is 2.30. The predicted octanol–water partition coefficient (Wildman–Crippen LogP) is 0.980. The molecule has 1 aliphatic rings. The van der Waals surface area contributed by atoms with Gasteiger partial charge in [0.25, 0.3) is 0 Å². The van der Waals surface area contributed by atoms with Crippen LogP contribution >= 0.6 is 11.6 Å². The number of hydrogen-bond acceptors (Lipinski definition) is 4. The molecule has 0 aromatic heterocycles. The van der Waals surface area contributed by atoms with Gasteiger partial charge < -0.3 is 5.73 Å². The maximum atomic E-state index is 12.0. The maximum absolute atomic E-state index is 12.0. The van der Waals surface area contributed by atoms with Crippen LogP contribution in [0.3, 0.4) is 0 Å². The highest BCUT2D eigenvalue weighted by molar-refractivity contribution is 7.89. The summed E-state index contributed by atoms with van der Waals surface area (Å²) in [7, 11) is -3.59. The lowest BCUT2D eigenvalue weighted by Crippen LogP contribution is -2.50. The Kier molecular flexibility index (Phi) is 3.59. The molecule has 0 radical (unpaired) electrons. The fraction of sp³-hybridized carbons (Fsp3) is 0.364. The van der Waals surface area contributed by atoms with Crippen molar-refractivity contribution in [2.75, 3.05) is 0 Å². The second-order valence-corrected chi connectivity index (χ2v) is 6.42. The van der Waals surface area contributed by atoms with Gasteiger partial charge >= 0.3 is 0 Å². The molecule has 5 nitrogen and oxygen atoms in total. The van der Waals surface area contributed by atoms with Crippen LogP contribution in [-0.4, -0.2) is 20.5 Å². The van der Waals surface area contributed by atoms with Crippen LogP contribution in [0, 0.1) is 11.3 Å². The van der Waals surface area contributed by atoms with Crippen molar-refractivity contribution in [3.05, 3.63) is 28.8 Å². The third kappa shape index (κ3) is 2.65. The highest BCUT2D eigenvalue weighted by Crippen LogP contribution is 2.23. The van der Waals surface area contributed by atoms with E-state index in [-0.39, 0.29) is 27.6 Å². The van der Waals surface area contributed by atoms with Gasteiger partial charge in [0, 0.05) is 12.1 Å². The van der Waals surface area contributed by atoms with E-state index in [1.54, 1.807) is 0 Å². The molecule has 1 aromatic rings. The van der Waals surface area contributed by atoms with Gasteiger partial charge in [0.2, 0.25) is 10.0 Å². The summed E-state index contributed by atoms with van der Waals surface area (Å²) in [6, 6.07) is 5.88. The van der Waals surface area contributed by atoms with Crippen LogP contribution in [0.2, 0.25) is 5.02 Å². The predicted molar refractivity (Wildman–Crippen MR) is 67.5 cm³/mol. The van der Waals surface area contributed by atoms with E-state index in [0.717, 1.165) is 0 Å². The largest absolute Gasteiger partial charge is 0.328 e. The minimum absolute atomic E-state index is 0.0620. The number of nitriles is 1. The number of sulfonamides is 1. The number of benzene rings is 1. The van der Waals surface area contributed by atoms with Gasteiger partial charge in [-0.3, -0.25) is 0 Å². The van der Waals surface area contributed by atoms with Crippen LogP contribution in [0.4, 0.5) is 0 Å². The average Bonchev–Trinajstić information content (AvgIpc) is 2.26. The van der Waals surface area contributed by atoms with Crippen molar-refractivity contribution in [1.82, 2.24) is 4.72 Å². The Hall–Kier alpha value is -1.13. The van der Waals surface area contributed by atoms with E-state index in [1.165, 1.54) is 18.2 Å². The molecule has 3 N–H and O–H groups in total. The molecule has 0 bridgehead atoms. The summed E-state index contributed by atoms with van der Waals surface area (Å²) in [6.45, 7) is 0. The molecule has 1 aliphatic carbocycles. The van der Waals surface area contributed by atoms with Crippen LogP contribution in [0.15, 0.2) is 23.1 Å². The molecule has 1 aromatic carbocycles. The van der Waals surface area contributed by atoms with Gasteiger partial charge in [-0.15, -0.1) is 0 Å². The normalized spacial score (nSPS) is 23.2. The zero-order valence-corrected chi connectivity index (χ0v) is 11.0. The lowest BCUT2D eigenvalue weighted by molar-refractivity contribution is 0.327. The van der Waals surface area contributed by atoms with E-state index in [9.17, 15) is 8.42 Å². The first-order valence-electron chi connectivity index (χ1n) is 5.40. The van der Waals surface area contributed by atoms with Crippen LogP contribution in [-0.2, 0) is 10.0 Å². The molecule has 0 unspecified atom stereocenters. The molecule has 2 rings (SSSR count). The van der Waals surface area contributed by atoms with E-state index >= 15 is 0 Å². The lowest BCUT2D eigenvalue weighted by Gasteiger charge is -2.32. The standard InChI is InChI=1S/C11H12ClN3O2S/c12-11-5-10(2-1-7(11)6-13)18(16,17)15-9-3-8(14)4-9/h1-2,5,8-9,15H,3-4,14H2. The summed E-state index contributed by atoms with van der Waals surface area (Å²) in [5.74, 6) is 0. The zero-order valence-electron chi connectivity index (χ0n) is 9.43. The Morgan fingerprint density at radius 3 is 2.61 bits per heavy atom. The van der Waals surface area contributed by atoms with E-state index in [4.69, 9.17) is 22.6 Å². The zero-order chi connectivity index (χ0) is 13.3. The molecule has 96 valence electrons. The third-order valence-electron chi connectivity index (χ3n) is 2.87. The fourth-order valence-corrected chi connectivity index (χ4v) is 3.37. The Morgan fingerprint density at radius 1 is 1.44 bits per heavy atom. The quantitative estimate of drug-likeness (QED) is 0.865. The molecular formula is C11H12ClN3O2S. The second kappa shape index (κ2) is 4.86. The van der Waals surface area contributed by atoms with E-state index in [1.807, 2.05) is 6.07 Å². The van der Waals surface area contributed by atoms with Crippen molar-refractivity contribution in [3.8, 4) is 6.07 Å². The van der Waals surface area contributed by atoms with Crippen molar-refractivity contribution in [1.29, 1.82) is 5.26 Å². The molecule has 0 aliphatic heterocycles. The van der Waals surface area contributed by atoms with Crippen molar-refractivity contribution in [2.45, 2.75) is 29.8 Å². The number of halogens is 1. The number of nitrogens with two attached hydrogens (primary N) is 1. The molecule has 0 amide bonds. The molecule has 7 heteroatoms. The van der Waals surface area contributed by atoms with Gasteiger partial charge in [0.1, 0.15) is 6.07 Å². The molecule has 0 saturated heterocycles. The number of hydrogen-bond donors (Lipinski definition) is 2. The summed E-state index contributed by atoms with van der Waals surface area (Å²) < 4.78 is 26.6. The molecule has 1 saturated carbocycles. The van der Waals surface area contributed by atoms with Gasteiger partial charge in [-0.05, 0) is 31.0 Å². The third-order valence-corrected chi connectivity index (χ3v) is 4.70. The summed E-state index contributed by atoms with van der Waals surface area (Å²) in [6.07, 6.45) is 1.28. The van der Waals surface area contributed by atoms with E-state index in [2.05, 4.69) is 4.72 Å². The smallest absolute Gasteiger partial charge is 0.240 e. The molecule has 0 spiro atoms. The highest BCUT2D eigenvalue weighted by atomic mass is 35.5. The first-order valence-corrected chi connectivity index (χ1v) is 7.26. The lowest BCUT2D eigenvalue weighted by atomic mass is 9.89. The summed E-state index contributed by atoms with van der Waals surface area (Å²) >= 11 is 5.81. The Bertz CT molecular complexity index is 603. The van der Waals surface area contributed by atoms with E-state index < -0.39 is 10.0 Å². The molecule has 0 heterocycles. The topological polar surface area (TPSA) is 96.0 Å². The van der Waals surface area contributed by atoms with Crippen LogP contribution < -0.4 is 10.5 Å². The van der Waals surface area contributed by atoms with Crippen LogP contribution in [0.1, 0.15) is 18.4 Å². The minimum Gasteiger partial charge on any atom is -0.328 e. The number of nitrogens with zero attached hydrogens (tertiary/aromatic N) is 1. The van der Waals surface area contributed by atoms with Gasteiger partial charge in [0.05, 0.1) is 15.5 Å². The minimum atomic E-state index is -3.59. The van der Waals surface area contributed by atoms with Crippen molar-refractivity contribution in [3.63, 3.8) is 0 Å². The summed E-state index contributed by atoms with van der Waals surface area (Å²) in [5, 5.41) is 8.85. The SMILES string of the molecule is N#Cc1ccc(S(=O)(=O)NC2CC(N)C2)cc1Cl. The van der Waals surface area contributed by atoms with E-state index in [0.29, 0.717) is 12.8 Å². The second-order valence-electron chi connectivity index (χ2n) is 4.30. The Balaban J connectivity index is 2.20. The molecule has 0 atom stereocenters. The number of rotatable bonds is 3. The first kappa shape index (κ1) is 13.3. The fourth-order valence-electron chi connectivity index (χ4n) is 1.80. The molecule has 1 fully saturated rings. The van der Waals surface area contributed by atoms with Crippen molar-refractivity contribution >= 4 is 21.6 Å². The van der Waals surface area contributed by atoms with Gasteiger partial charge in [-0.1, -0.05) is 11.6 Å². The number of nitrogens with one attached hydrogen (secondary N) is 1.